The molecule has 2 heteroatoms. The van der Waals surface area contributed by atoms with Crippen molar-refractivity contribution in [3.63, 3.8) is 0 Å². The van der Waals surface area contributed by atoms with Gasteiger partial charge in [-0.15, -0.1) is 0 Å². The molecule has 1 aliphatic carbocycles. The SMILES string of the molecule is CCCNC1CCC(N2CCC(C)CC2)C1. The van der Waals surface area contributed by atoms with Crippen molar-refractivity contribution >= 4 is 0 Å². The Labute approximate surface area is 101 Å². The van der Waals surface area contributed by atoms with Crippen LogP contribution in [0.15, 0.2) is 0 Å². The largest absolute Gasteiger partial charge is 0.314 e. The zero-order valence-electron chi connectivity index (χ0n) is 11.0. The van der Waals surface area contributed by atoms with Crippen LogP contribution < -0.4 is 5.32 Å². The van der Waals surface area contributed by atoms with Crippen LogP contribution in [-0.2, 0) is 0 Å². The van der Waals surface area contributed by atoms with Crippen molar-refractivity contribution in [2.75, 3.05) is 19.6 Å². The molecule has 1 heterocycles. The topological polar surface area (TPSA) is 15.3 Å². The van der Waals surface area contributed by atoms with Gasteiger partial charge in [-0.05, 0) is 64.1 Å². The monoisotopic (exact) mass is 224 g/mol. The Morgan fingerprint density at radius 2 is 1.88 bits per heavy atom. The first kappa shape index (κ1) is 12.4. The molecule has 2 nitrogen and oxygen atoms in total. The van der Waals surface area contributed by atoms with Crippen LogP contribution in [0.3, 0.4) is 0 Å². The average Bonchev–Trinajstić information content (AvgIpc) is 2.76. The number of hydrogen-bond donors (Lipinski definition) is 1. The summed E-state index contributed by atoms with van der Waals surface area (Å²) in [4.78, 5) is 2.76. The summed E-state index contributed by atoms with van der Waals surface area (Å²) in [5, 5.41) is 3.68. The van der Waals surface area contributed by atoms with E-state index in [1.54, 1.807) is 0 Å². The van der Waals surface area contributed by atoms with Gasteiger partial charge in [0.2, 0.25) is 0 Å². The Kier molecular flexibility index (Phi) is 4.66. The maximum atomic E-state index is 3.68. The summed E-state index contributed by atoms with van der Waals surface area (Å²) in [7, 11) is 0. The molecule has 0 aromatic carbocycles. The number of hydrogen-bond acceptors (Lipinski definition) is 2. The van der Waals surface area contributed by atoms with E-state index in [9.17, 15) is 0 Å². The molecule has 0 aromatic heterocycles. The molecule has 2 rings (SSSR count). The van der Waals surface area contributed by atoms with Gasteiger partial charge in [0, 0.05) is 12.1 Å². The van der Waals surface area contributed by atoms with Crippen molar-refractivity contribution in [2.24, 2.45) is 5.92 Å². The third kappa shape index (κ3) is 3.21. The van der Waals surface area contributed by atoms with E-state index in [2.05, 4.69) is 24.1 Å². The van der Waals surface area contributed by atoms with Crippen molar-refractivity contribution in [3.8, 4) is 0 Å². The van der Waals surface area contributed by atoms with E-state index in [-0.39, 0.29) is 0 Å². The second-order valence-corrected chi connectivity index (χ2v) is 5.84. The Morgan fingerprint density at radius 1 is 1.12 bits per heavy atom. The molecule has 2 aliphatic rings. The van der Waals surface area contributed by atoms with Crippen LogP contribution >= 0.6 is 0 Å². The minimum absolute atomic E-state index is 0.810. The van der Waals surface area contributed by atoms with E-state index < -0.39 is 0 Å². The maximum Gasteiger partial charge on any atom is 0.0111 e. The summed E-state index contributed by atoms with van der Waals surface area (Å²) in [5.41, 5.74) is 0. The fourth-order valence-electron chi connectivity index (χ4n) is 3.22. The lowest BCUT2D eigenvalue weighted by Crippen LogP contribution is -2.40. The lowest BCUT2D eigenvalue weighted by molar-refractivity contribution is 0.138. The average molecular weight is 224 g/mol. The molecule has 2 atom stereocenters. The fourth-order valence-corrected chi connectivity index (χ4v) is 3.22. The van der Waals surface area contributed by atoms with Crippen LogP contribution in [0.5, 0.6) is 0 Å². The molecule has 0 spiro atoms. The van der Waals surface area contributed by atoms with Gasteiger partial charge < -0.3 is 10.2 Å². The van der Waals surface area contributed by atoms with Crippen LogP contribution in [-0.4, -0.2) is 36.6 Å². The first-order chi connectivity index (χ1) is 7.79. The fraction of sp³-hybridized carbons (Fsp3) is 1.00. The highest BCUT2D eigenvalue weighted by molar-refractivity contribution is 4.88. The second-order valence-electron chi connectivity index (χ2n) is 5.84. The number of rotatable bonds is 4. The Bertz CT molecular complexity index is 197. The number of nitrogens with zero attached hydrogens (tertiary/aromatic N) is 1. The third-order valence-corrected chi connectivity index (χ3v) is 4.42. The van der Waals surface area contributed by atoms with Gasteiger partial charge in [0.25, 0.3) is 0 Å². The number of likely N-dealkylation sites (tertiary alicyclic amines) is 1. The van der Waals surface area contributed by atoms with Gasteiger partial charge in [-0.1, -0.05) is 13.8 Å². The Balaban J connectivity index is 1.71. The first-order valence-corrected chi connectivity index (χ1v) is 7.27. The van der Waals surface area contributed by atoms with E-state index in [0.29, 0.717) is 0 Å². The molecule has 2 fully saturated rings. The van der Waals surface area contributed by atoms with Gasteiger partial charge in [0.05, 0.1) is 0 Å². The lowest BCUT2D eigenvalue weighted by atomic mass is 9.97. The molecule has 1 saturated carbocycles. The molecular weight excluding hydrogens is 196 g/mol. The number of nitrogens with one attached hydrogen (secondary N) is 1. The minimum Gasteiger partial charge on any atom is -0.314 e. The maximum absolute atomic E-state index is 3.68. The highest BCUT2D eigenvalue weighted by atomic mass is 15.2. The molecule has 1 aliphatic heterocycles. The summed E-state index contributed by atoms with van der Waals surface area (Å²) < 4.78 is 0. The van der Waals surface area contributed by atoms with E-state index in [4.69, 9.17) is 0 Å². The third-order valence-electron chi connectivity index (χ3n) is 4.42. The summed E-state index contributed by atoms with van der Waals surface area (Å²) in [6, 6.07) is 1.70. The zero-order chi connectivity index (χ0) is 11.4. The Morgan fingerprint density at radius 3 is 2.56 bits per heavy atom. The lowest BCUT2D eigenvalue weighted by Gasteiger charge is -2.35. The normalized spacial score (nSPS) is 33.4. The standard InChI is InChI=1S/C14H28N2/c1-3-8-15-13-4-5-14(11-13)16-9-6-12(2)7-10-16/h12-15H,3-11H2,1-2H3. The van der Waals surface area contributed by atoms with Gasteiger partial charge in [0.15, 0.2) is 0 Å². The molecular formula is C14H28N2. The predicted octanol–water partition coefficient (Wildman–Crippen LogP) is 2.64. The van der Waals surface area contributed by atoms with E-state index in [1.165, 1.54) is 58.2 Å². The Hall–Kier alpha value is -0.0800. The smallest absolute Gasteiger partial charge is 0.0111 e. The molecule has 1 N–H and O–H groups in total. The van der Waals surface area contributed by atoms with Crippen LogP contribution in [0.25, 0.3) is 0 Å². The van der Waals surface area contributed by atoms with Crippen molar-refractivity contribution in [1.29, 1.82) is 0 Å². The zero-order valence-corrected chi connectivity index (χ0v) is 11.0. The van der Waals surface area contributed by atoms with Gasteiger partial charge >= 0.3 is 0 Å². The molecule has 16 heavy (non-hydrogen) atoms. The molecule has 1 saturated heterocycles. The van der Waals surface area contributed by atoms with E-state index in [1.807, 2.05) is 0 Å². The summed E-state index contributed by atoms with van der Waals surface area (Å²) in [6.07, 6.45) is 8.33. The molecule has 0 amide bonds. The van der Waals surface area contributed by atoms with Crippen LogP contribution in [0.2, 0.25) is 0 Å². The van der Waals surface area contributed by atoms with Crippen LogP contribution in [0.1, 0.15) is 52.4 Å². The van der Waals surface area contributed by atoms with E-state index >= 15 is 0 Å². The predicted molar refractivity (Wildman–Crippen MR) is 69.7 cm³/mol. The van der Waals surface area contributed by atoms with Crippen molar-refractivity contribution < 1.29 is 0 Å². The highest BCUT2D eigenvalue weighted by Crippen LogP contribution is 2.28. The van der Waals surface area contributed by atoms with E-state index in [0.717, 1.165) is 18.0 Å². The molecule has 0 radical (unpaired) electrons. The van der Waals surface area contributed by atoms with Gasteiger partial charge in [-0.2, -0.15) is 0 Å². The van der Waals surface area contributed by atoms with Gasteiger partial charge in [-0.25, -0.2) is 0 Å². The van der Waals surface area contributed by atoms with Crippen molar-refractivity contribution in [2.45, 2.75) is 64.5 Å². The number of piperidine rings is 1. The minimum atomic E-state index is 0.810. The van der Waals surface area contributed by atoms with Crippen molar-refractivity contribution in [1.82, 2.24) is 10.2 Å². The molecule has 2 unspecified atom stereocenters. The quantitative estimate of drug-likeness (QED) is 0.790. The van der Waals surface area contributed by atoms with Crippen LogP contribution in [0, 0.1) is 5.92 Å². The first-order valence-electron chi connectivity index (χ1n) is 7.27. The molecule has 0 aromatic rings. The second kappa shape index (κ2) is 6.02. The van der Waals surface area contributed by atoms with Crippen LogP contribution in [0.4, 0.5) is 0 Å². The van der Waals surface area contributed by atoms with Gasteiger partial charge in [-0.3, -0.25) is 0 Å². The molecule has 94 valence electrons. The summed E-state index contributed by atoms with van der Waals surface area (Å²) in [5.74, 6) is 0.965. The molecule has 0 bridgehead atoms. The van der Waals surface area contributed by atoms with Crippen molar-refractivity contribution in [3.05, 3.63) is 0 Å². The summed E-state index contributed by atoms with van der Waals surface area (Å²) in [6.45, 7) is 8.57. The summed E-state index contributed by atoms with van der Waals surface area (Å²) >= 11 is 0. The van der Waals surface area contributed by atoms with Gasteiger partial charge in [0.1, 0.15) is 0 Å². The highest BCUT2D eigenvalue weighted by Gasteiger charge is 2.30.